The normalized spacial score (nSPS) is 15.8. The fourth-order valence-corrected chi connectivity index (χ4v) is 2.30. The SMILES string of the molecule is COc1cccc(CCCNC(N)=NCC2CCC2)c1. The lowest BCUT2D eigenvalue weighted by Crippen LogP contribution is -2.33. The van der Waals surface area contributed by atoms with Crippen molar-refractivity contribution in [2.45, 2.75) is 32.1 Å². The smallest absolute Gasteiger partial charge is 0.188 e. The molecule has 1 fully saturated rings. The number of rotatable bonds is 7. The molecule has 0 atom stereocenters. The molecule has 3 N–H and O–H groups in total. The molecule has 0 heterocycles. The van der Waals surface area contributed by atoms with Gasteiger partial charge >= 0.3 is 0 Å². The van der Waals surface area contributed by atoms with Gasteiger partial charge in [-0.05, 0) is 49.3 Å². The Morgan fingerprint density at radius 2 is 2.30 bits per heavy atom. The molecule has 1 aromatic carbocycles. The number of nitrogens with two attached hydrogens (primary N) is 1. The molecule has 0 spiro atoms. The van der Waals surface area contributed by atoms with Gasteiger partial charge in [0.1, 0.15) is 5.75 Å². The van der Waals surface area contributed by atoms with Gasteiger partial charge in [0, 0.05) is 13.1 Å². The van der Waals surface area contributed by atoms with Crippen LogP contribution in [0.3, 0.4) is 0 Å². The maximum Gasteiger partial charge on any atom is 0.188 e. The second-order valence-electron chi connectivity index (χ2n) is 5.40. The largest absolute Gasteiger partial charge is 0.497 e. The molecule has 0 saturated heterocycles. The van der Waals surface area contributed by atoms with Crippen molar-refractivity contribution in [3.8, 4) is 5.75 Å². The van der Waals surface area contributed by atoms with Gasteiger partial charge in [0.15, 0.2) is 5.96 Å². The number of methoxy groups -OCH3 is 1. The van der Waals surface area contributed by atoms with Gasteiger partial charge in [0.2, 0.25) is 0 Å². The van der Waals surface area contributed by atoms with E-state index in [1.54, 1.807) is 7.11 Å². The third kappa shape index (κ3) is 4.76. The number of ether oxygens (including phenoxy) is 1. The van der Waals surface area contributed by atoms with E-state index in [1.807, 2.05) is 12.1 Å². The van der Waals surface area contributed by atoms with Crippen LogP contribution in [-0.2, 0) is 6.42 Å². The number of aryl methyl sites for hydroxylation is 1. The minimum atomic E-state index is 0.586. The molecule has 0 amide bonds. The first kappa shape index (κ1) is 14.7. The van der Waals surface area contributed by atoms with Gasteiger partial charge in [-0.3, -0.25) is 4.99 Å². The lowest BCUT2D eigenvalue weighted by molar-refractivity contribution is 0.326. The van der Waals surface area contributed by atoms with Gasteiger partial charge in [-0.15, -0.1) is 0 Å². The lowest BCUT2D eigenvalue weighted by atomic mass is 9.86. The Balaban J connectivity index is 1.62. The van der Waals surface area contributed by atoms with E-state index in [0.717, 1.165) is 37.6 Å². The zero-order chi connectivity index (χ0) is 14.2. The van der Waals surface area contributed by atoms with Crippen LogP contribution < -0.4 is 15.8 Å². The van der Waals surface area contributed by atoms with Gasteiger partial charge in [0.25, 0.3) is 0 Å². The fraction of sp³-hybridized carbons (Fsp3) is 0.562. The zero-order valence-corrected chi connectivity index (χ0v) is 12.3. The number of guanidine groups is 1. The Bertz CT molecular complexity index is 441. The summed E-state index contributed by atoms with van der Waals surface area (Å²) in [4.78, 5) is 4.38. The number of nitrogens with one attached hydrogen (secondary N) is 1. The molecule has 20 heavy (non-hydrogen) atoms. The summed E-state index contributed by atoms with van der Waals surface area (Å²) in [6, 6.07) is 8.19. The van der Waals surface area contributed by atoms with Crippen LogP contribution in [0.15, 0.2) is 29.3 Å². The van der Waals surface area contributed by atoms with Crippen molar-refractivity contribution >= 4 is 5.96 Å². The topological polar surface area (TPSA) is 59.6 Å². The van der Waals surface area contributed by atoms with Crippen LogP contribution in [0.1, 0.15) is 31.2 Å². The minimum Gasteiger partial charge on any atom is -0.497 e. The van der Waals surface area contributed by atoms with Crippen molar-refractivity contribution in [2.24, 2.45) is 16.6 Å². The van der Waals surface area contributed by atoms with E-state index in [-0.39, 0.29) is 0 Å². The molecule has 0 aromatic heterocycles. The van der Waals surface area contributed by atoms with E-state index in [0.29, 0.717) is 5.96 Å². The van der Waals surface area contributed by atoms with E-state index in [1.165, 1.54) is 24.8 Å². The maximum atomic E-state index is 5.84. The predicted octanol–water partition coefficient (Wildman–Crippen LogP) is 2.33. The van der Waals surface area contributed by atoms with E-state index >= 15 is 0 Å². The summed E-state index contributed by atoms with van der Waals surface area (Å²) in [7, 11) is 1.69. The summed E-state index contributed by atoms with van der Waals surface area (Å²) in [6.45, 7) is 1.74. The molecule has 0 aliphatic heterocycles. The first-order chi connectivity index (χ1) is 9.78. The first-order valence-electron chi connectivity index (χ1n) is 7.44. The van der Waals surface area contributed by atoms with E-state index < -0.39 is 0 Å². The summed E-state index contributed by atoms with van der Waals surface area (Å²) in [5.41, 5.74) is 7.13. The molecule has 1 saturated carbocycles. The minimum absolute atomic E-state index is 0.586. The predicted molar refractivity (Wildman–Crippen MR) is 83.1 cm³/mol. The Kier molecular flexibility index (Phi) is 5.71. The van der Waals surface area contributed by atoms with Crippen LogP contribution in [0.4, 0.5) is 0 Å². The first-order valence-corrected chi connectivity index (χ1v) is 7.44. The van der Waals surface area contributed by atoms with Crippen molar-refractivity contribution in [3.05, 3.63) is 29.8 Å². The Morgan fingerprint density at radius 1 is 1.45 bits per heavy atom. The Hall–Kier alpha value is -1.71. The lowest BCUT2D eigenvalue weighted by Gasteiger charge is -2.23. The van der Waals surface area contributed by atoms with Crippen LogP contribution in [-0.4, -0.2) is 26.2 Å². The number of aliphatic imine (C=N–C) groups is 1. The highest BCUT2D eigenvalue weighted by atomic mass is 16.5. The summed E-state index contributed by atoms with van der Waals surface area (Å²) in [5, 5.41) is 3.18. The van der Waals surface area contributed by atoms with Gasteiger partial charge in [-0.25, -0.2) is 0 Å². The monoisotopic (exact) mass is 275 g/mol. The van der Waals surface area contributed by atoms with Crippen LogP contribution in [0.5, 0.6) is 5.75 Å². The Labute approximate surface area is 121 Å². The van der Waals surface area contributed by atoms with Crippen molar-refractivity contribution in [3.63, 3.8) is 0 Å². The number of benzene rings is 1. The summed E-state index contributed by atoms with van der Waals surface area (Å²) < 4.78 is 5.22. The van der Waals surface area contributed by atoms with Crippen molar-refractivity contribution in [1.29, 1.82) is 0 Å². The molecule has 1 aliphatic carbocycles. The molecule has 1 aliphatic rings. The molecule has 0 bridgehead atoms. The number of nitrogens with zero attached hydrogens (tertiary/aromatic N) is 1. The van der Waals surface area contributed by atoms with Gasteiger partial charge in [-0.1, -0.05) is 18.6 Å². The molecule has 0 unspecified atom stereocenters. The molecule has 2 rings (SSSR count). The van der Waals surface area contributed by atoms with Crippen LogP contribution in [0, 0.1) is 5.92 Å². The quantitative estimate of drug-likeness (QED) is 0.456. The fourth-order valence-electron chi connectivity index (χ4n) is 2.30. The maximum absolute atomic E-state index is 5.84. The second kappa shape index (κ2) is 7.78. The van der Waals surface area contributed by atoms with Gasteiger partial charge < -0.3 is 15.8 Å². The Morgan fingerprint density at radius 3 is 3.00 bits per heavy atom. The molecule has 110 valence electrons. The van der Waals surface area contributed by atoms with Gasteiger partial charge in [-0.2, -0.15) is 0 Å². The average Bonchev–Trinajstić information content (AvgIpc) is 2.42. The third-order valence-electron chi connectivity index (χ3n) is 3.83. The van der Waals surface area contributed by atoms with Gasteiger partial charge in [0.05, 0.1) is 7.11 Å². The molecular formula is C16H25N3O. The van der Waals surface area contributed by atoms with Crippen molar-refractivity contribution < 1.29 is 4.74 Å². The number of hydrogen-bond acceptors (Lipinski definition) is 2. The van der Waals surface area contributed by atoms with Crippen molar-refractivity contribution in [1.82, 2.24) is 5.32 Å². The zero-order valence-electron chi connectivity index (χ0n) is 12.3. The van der Waals surface area contributed by atoms with Crippen molar-refractivity contribution in [2.75, 3.05) is 20.2 Å². The number of hydrogen-bond donors (Lipinski definition) is 2. The molecule has 4 nitrogen and oxygen atoms in total. The summed E-state index contributed by atoms with van der Waals surface area (Å²) in [5.74, 6) is 2.27. The molecule has 1 aromatic rings. The highest BCUT2D eigenvalue weighted by molar-refractivity contribution is 5.77. The summed E-state index contributed by atoms with van der Waals surface area (Å²) >= 11 is 0. The van der Waals surface area contributed by atoms with Crippen LogP contribution >= 0.6 is 0 Å². The average molecular weight is 275 g/mol. The highest BCUT2D eigenvalue weighted by Crippen LogP contribution is 2.26. The standard InChI is InChI=1S/C16H25N3O/c1-20-15-9-3-5-13(11-15)8-4-10-18-16(17)19-12-14-6-2-7-14/h3,5,9,11,14H,2,4,6-8,10,12H2,1H3,(H3,17,18,19). The third-order valence-corrected chi connectivity index (χ3v) is 3.83. The molecular weight excluding hydrogens is 250 g/mol. The second-order valence-corrected chi connectivity index (χ2v) is 5.40. The molecule has 0 radical (unpaired) electrons. The van der Waals surface area contributed by atoms with E-state index in [2.05, 4.69) is 22.4 Å². The van der Waals surface area contributed by atoms with Crippen LogP contribution in [0.25, 0.3) is 0 Å². The summed E-state index contributed by atoms with van der Waals surface area (Å²) in [6.07, 6.45) is 6.03. The molecule has 4 heteroatoms. The van der Waals surface area contributed by atoms with Crippen LogP contribution in [0.2, 0.25) is 0 Å². The van der Waals surface area contributed by atoms with E-state index in [9.17, 15) is 0 Å². The van der Waals surface area contributed by atoms with E-state index in [4.69, 9.17) is 10.5 Å². The highest BCUT2D eigenvalue weighted by Gasteiger charge is 2.16.